The zero-order valence-electron chi connectivity index (χ0n) is 25.5. The Labute approximate surface area is 270 Å². The second kappa shape index (κ2) is 14.3. The summed E-state index contributed by atoms with van der Waals surface area (Å²) in [5, 5.41) is 4.40. The minimum absolute atomic E-state index is 0.841. The Kier molecular flexibility index (Phi) is 10.0. The van der Waals surface area contributed by atoms with Crippen molar-refractivity contribution in [3.8, 4) is 0 Å². The van der Waals surface area contributed by atoms with Gasteiger partial charge in [0.05, 0.1) is 12.5 Å². The van der Waals surface area contributed by atoms with Gasteiger partial charge in [-0.2, -0.15) is 0 Å². The third kappa shape index (κ3) is 8.50. The van der Waals surface area contributed by atoms with Gasteiger partial charge in [0, 0.05) is 23.5 Å². The van der Waals surface area contributed by atoms with Crippen molar-refractivity contribution in [1.29, 1.82) is 0 Å². The molecule has 2 N–H and O–H groups in total. The summed E-state index contributed by atoms with van der Waals surface area (Å²) in [6.45, 7) is 0. The van der Waals surface area contributed by atoms with E-state index < -0.39 is 20.0 Å². The number of rotatable bonds is 8. The van der Waals surface area contributed by atoms with Gasteiger partial charge in [-0.25, -0.2) is 16.8 Å². The van der Waals surface area contributed by atoms with Crippen LogP contribution in [0.4, 0.5) is 0 Å². The van der Waals surface area contributed by atoms with Gasteiger partial charge in [-0.05, 0) is 43.8 Å². The quantitative estimate of drug-likeness (QED) is 0.179. The van der Waals surface area contributed by atoms with Gasteiger partial charge in [-0.15, -0.1) is 0 Å². The van der Waals surface area contributed by atoms with Crippen LogP contribution in [-0.2, 0) is 20.0 Å². The second-order valence-corrected chi connectivity index (χ2v) is 14.2. The molecule has 0 aliphatic carbocycles. The summed E-state index contributed by atoms with van der Waals surface area (Å²) in [5.74, 6) is 0. The molecule has 0 aromatic heterocycles. The lowest BCUT2D eigenvalue weighted by Gasteiger charge is -2.12. The lowest BCUT2D eigenvalue weighted by atomic mass is 9.94. The molecule has 0 unspecified atom stereocenters. The highest BCUT2D eigenvalue weighted by atomic mass is 32.2. The fourth-order valence-electron chi connectivity index (χ4n) is 5.12. The molecule has 0 heterocycles. The van der Waals surface area contributed by atoms with E-state index in [1.54, 1.807) is 12.4 Å². The van der Waals surface area contributed by atoms with Crippen molar-refractivity contribution in [3.63, 3.8) is 0 Å². The molecule has 232 valence electrons. The summed E-state index contributed by atoms with van der Waals surface area (Å²) >= 11 is 0. The SMILES string of the molecule is CS(=O)(=O)N/C=C(/c1ccccc1)c1cccc2ccccc12.CS(=O)(=O)N/C=C(/c1ccccc1)c1cccc2ccccc12. The second-order valence-electron chi connectivity index (χ2n) is 10.7. The Balaban J connectivity index is 0.000000181. The summed E-state index contributed by atoms with van der Waals surface area (Å²) in [5.41, 5.74) is 5.58. The van der Waals surface area contributed by atoms with Crippen LogP contribution in [0.1, 0.15) is 22.3 Å². The molecule has 6 rings (SSSR count). The van der Waals surface area contributed by atoms with Crippen LogP contribution >= 0.6 is 0 Å². The molecule has 0 aliphatic heterocycles. The summed E-state index contributed by atoms with van der Waals surface area (Å²) in [6, 6.07) is 47.7. The third-order valence-electron chi connectivity index (χ3n) is 7.16. The van der Waals surface area contributed by atoms with E-state index in [0.717, 1.165) is 67.5 Å². The maximum absolute atomic E-state index is 11.5. The molecule has 6 aromatic carbocycles. The monoisotopic (exact) mass is 646 g/mol. The van der Waals surface area contributed by atoms with Crippen molar-refractivity contribution in [2.24, 2.45) is 0 Å². The molecule has 0 bridgehead atoms. The molecule has 8 heteroatoms. The van der Waals surface area contributed by atoms with Crippen LogP contribution in [0.3, 0.4) is 0 Å². The van der Waals surface area contributed by atoms with Crippen molar-refractivity contribution >= 4 is 52.7 Å². The first-order chi connectivity index (χ1) is 22.1. The van der Waals surface area contributed by atoms with E-state index >= 15 is 0 Å². The van der Waals surface area contributed by atoms with Crippen LogP contribution in [0, 0.1) is 0 Å². The normalized spacial score (nSPS) is 12.3. The fraction of sp³-hybridized carbons (Fsp3) is 0.0526. The molecule has 0 amide bonds. The molecular formula is C38H34N2O4S2. The van der Waals surface area contributed by atoms with Crippen molar-refractivity contribution in [3.05, 3.63) is 180 Å². The van der Waals surface area contributed by atoms with E-state index in [1.165, 1.54) is 0 Å². The fourth-order valence-corrected chi connectivity index (χ4v) is 5.78. The lowest BCUT2D eigenvalue weighted by molar-refractivity contribution is 0.595. The highest BCUT2D eigenvalue weighted by Gasteiger charge is 2.11. The molecule has 0 saturated heterocycles. The zero-order chi connectivity index (χ0) is 32.6. The van der Waals surface area contributed by atoms with Crippen molar-refractivity contribution in [2.75, 3.05) is 12.5 Å². The van der Waals surface area contributed by atoms with Crippen molar-refractivity contribution < 1.29 is 16.8 Å². The van der Waals surface area contributed by atoms with Crippen LogP contribution in [-0.4, -0.2) is 29.3 Å². The van der Waals surface area contributed by atoms with Gasteiger partial charge in [0.15, 0.2) is 0 Å². The zero-order valence-corrected chi connectivity index (χ0v) is 27.1. The molecule has 0 spiro atoms. The predicted octanol–water partition coefficient (Wildman–Crippen LogP) is 7.56. The van der Waals surface area contributed by atoms with Gasteiger partial charge < -0.3 is 0 Å². The first-order valence-electron chi connectivity index (χ1n) is 14.5. The van der Waals surface area contributed by atoms with Crippen LogP contribution < -0.4 is 9.44 Å². The first-order valence-corrected chi connectivity index (χ1v) is 18.3. The van der Waals surface area contributed by atoms with Crippen LogP contribution in [0.15, 0.2) is 158 Å². The summed E-state index contributed by atoms with van der Waals surface area (Å²) in [7, 11) is -6.63. The summed E-state index contributed by atoms with van der Waals surface area (Å²) < 4.78 is 51.0. The molecular weight excluding hydrogens is 613 g/mol. The van der Waals surface area contributed by atoms with Gasteiger partial charge >= 0.3 is 0 Å². The minimum atomic E-state index is -3.31. The standard InChI is InChI=1S/2C19H17NO2S/c2*1-23(21,22)20-14-19(16-8-3-2-4-9-16)18-13-7-11-15-10-5-6-12-17(15)18/h2*2-14,20H,1H3/b2*19-14-. The number of benzene rings is 6. The molecule has 46 heavy (non-hydrogen) atoms. The van der Waals surface area contributed by atoms with E-state index in [-0.39, 0.29) is 0 Å². The highest BCUT2D eigenvalue weighted by Crippen LogP contribution is 2.31. The van der Waals surface area contributed by atoms with E-state index in [9.17, 15) is 16.8 Å². The molecule has 0 aliphatic rings. The molecule has 0 radical (unpaired) electrons. The largest absolute Gasteiger partial charge is 0.290 e. The van der Waals surface area contributed by atoms with E-state index in [0.29, 0.717) is 0 Å². The smallest absolute Gasteiger partial charge is 0.229 e. The Morgan fingerprint density at radius 3 is 1.13 bits per heavy atom. The van der Waals surface area contributed by atoms with Gasteiger partial charge in [-0.1, -0.05) is 146 Å². The number of hydrogen-bond donors (Lipinski definition) is 2. The topological polar surface area (TPSA) is 92.3 Å². The van der Waals surface area contributed by atoms with Crippen LogP contribution in [0.2, 0.25) is 0 Å². The maximum atomic E-state index is 11.5. The highest BCUT2D eigenvalue weighted by molar-refractivity contribution is 7.89. The number of fused-ring (bicyclic) bond motifs is 2. The maximum Gasteiger partial charge on any atom is 0.229 e. The van der Waals surface area contributed by atoms with E-state index in [1.807, 2.05) is 146 Å². The van der Waals surface area contributed by atoms with Gasteiger partial charge in [-0.3, -0.25) is 9.44 Å². The van der Waals surface area contributed by atoms with Crippen LogP contribution in [0.25, 0.3) is 32.7 Å². The molecule has 6 aromatic rings. The van der Waals surface area contributed by atoms with Gasteiger partial charge in [0.2, 0.25) is 20.0 Å². The van der Waals surface area contributed by atoms with Gasteiger partial charge in [0.1, 0.15) is 0 Å². The summed E-state index contributed by atoms with van der Waals surface area (Å²) in [6.07, 6.45) is 5.42. The predicted molar refractivity (Wildman–Crippen MR) is 191 cm³/mol. The van der Waals surface area contributed by atoms with Crippen molar-refractivity contribution in [2.45, 2.75) is 0 Å². The Bertz CT molecular complexity index is 2070. The molecule has 0 atom stereocenters. The number of sulfonamides is 2. The van der Waals surface area contributed by atoms with E-state index in [2.05, 4.69) is 9.44 Å². The average Bonchev–Trinajstić information content (AvgIpc) is 3.05. The first kappa shape index (κ1) is 32.2. The third-order valence-corrected chi connectivity index (χ3v) is 8.26. The van der Waals surface area contributed by atoms with Crippen LogP contribution in [0.5, 0.6) is 0 Å². The number of nitrogens with one attached hydrogen (secondary N) is 2. The Hall–Kier alpha value is -5.18. The Morgan fingerprint density at radius 1 is 0.435 bits per heavy atom. The Morgan fingerprint density at radius 2 is 0.761 bits per heavy atom. The molecule has 0 saturated carbocycles. The number of hydrogen-bond acceptors (Lipinski definition) is 4. The van der Waals surface area contributed by atoms with Crippen molar-refractivity contribution in [1.82, 2.24) is 9.44 Å². The molecule has 0 fully saturated rings. The van der Waals surface area contributed by atoms with Gasteiger partial charge in [0.25, 0.3) is 0 Å². The minimum Gasteiger partial charge on any atom is -0.290 e. The summed E-state index contributed by atoms with van der Waals surface area (Å²) in [4.78, 5) is 0. The van der Waals surface area contributed by atoms with E-state index in [4.69, 9.17) is 0 Å². The molecule has 6 nitrogen and oxygen atoms in total. The lowest BCUT2D eigenvalue weighted by Crippen LogP contribution is -2.16. The average molecular weight is 647 g/mol.